The number of hydrogen-bond acceptors (Lipinski definition) is 6. The maximum Gasteiger partial charge on any atom is 0.144 e. The van der Waals surface area contributed by atoms with Crippen LogP contribution < -0.4 is 5.32 Å². The second-order valence-corrected chi connectivity index (χ2v) is 9.93. The number of piperidine rings is 1. The van der Waals surface area contributed by atoms with Crippen molar-refractivity contribution in [2.75, 3.05) is 20.3 Å². The monoisotopic (exact) mass is 361 g/mol. The van der Waals surface area contributed by atoms with Crippen LogP contribution in [0.3, 0.4) is 0 Å². The molecule has 3 N–H and O–H groups in total. The molecule has 0 radical (unpaired) electrons. The average Bonchev–Trinajstić information content (AvgIpc) is 3.03. The van der Waals surface area contributed by atoms with Crippen LogP contribution >= 0.6 is 0 Å². The normalized spacial score (nSPS) is 61.9. The van der Waals surface area contributed by atoms with Crippen LogP contribution in [0.2, 0.25) is 0 Å². The zero-order valence-corrected chi connectivity index (χ0v) is 15.1. The van der Waals surface area contributed by atoms with Crippen LogP contribution in [0.4, 0.5) is 0 Å². The van der Waals surface area contributed by atoms with Crippen molar-refractivity contribution in [2.45, 2.75) is 49.9 Å². The molecule has 0 unspecified atom stereocenters. The number of nitrogens with one attached hydrogen (secondary N) is 1. The lowest BCUT2D eigenvalue weighted by Gasteiger charge is -2.63. The van der Waals surface area contributed by atoms with Crippen LogP contribution in [-0.4, -0.2) is 59.8 Å². The number of ketones is 2. The molecule has 26 heavy (non-hydrogen) atoms. The van der Waals surface area contributed by atoms with E-state index in [1.165, 1.54) is 0 Å². The summed E-state index contributed by atoms with van der Waals surface area (Å²) >= 11 is 0. The first kappa shape index (κ1) is 16.2. The number of aliphatic hydroxyl groups is 2. The predicted octanol–water partition coefficient (Wildman–Crippen LogP) is -0.0929. The molecule has 6 fully saturated rings. The molecule has 5 saturated carbocycles. The van der Waals surface area contributed by atoms with Gasteiger partial charge in [0.1, 0.15) is 11.6 Å². The van der Waals surface area contributed by atoms with Gasteiger partial charge in [0.05, 0.1) is 29.6 Å². The number of carbonyl (C=O) groups is 2. The summed E-state index contributed by atoms with van der Waals surface area (Å²) in [6.07, 6.45) is 2.85. The van der Waals surface area contributed by atoms with Crippen molar-refractivity contribution >= 4 is 11.6 Å². The third-order valence-corrected chi connectivity index (χ3v) is 9.70. The van der Waals surface area contributed by atoms with E-state index in [9.17, 15) is 19.8 Å². The highest BCUT2D eigenvalue weighted by atomic mass is 16.5. The summed E-state index contributed by atoms with van der Waals surface area (Å²) in [5.41, 5.74) is -1.94. The quantitative estimate of drug-likeness (QED) is 0.636. The van der Waals surface area contributed by atoms with Crippen LogP contribution in [0.25, 0.3) is 0 Å². The second kappa shape index (κ2) is 4.59. The van der Waals surface area contributed by atoms with Gasteiger partial charge < -0.3 is 20.3 Å². The Morgan fingerprint density at radius 3 is 2.81 bits per heavy atom. The lowest BCUT2D eigenvalue weighted by molar-refractivity contribution is -0.197. The SMILES string of the molecule is CO[C@H]1C[C@]2(O)[C@H]3C[C@@H]4[C@@]5(CO)CCC(=O)[C@]4([C@@H]4C[C@H]1C(=O)[C@@H]42)[C@@H]3NC5. The van der Waals surface area contributed by atoms with Crippen LogP contribution in [0.15, 0.2) is 0 Å². The van der Waals surface area contributed by atoms with Crippen molar-refractivity contribution in [3.05, 3.63) is 0 Å². The van der Waals surface area contributed by atoms with Crippen LogP contribution in [-0.2, 0) is 14.3 Å². The molecule has 142 valence electrons. The third-order valence-electron chi connectivity index (χ3n) is 9.70. The lowest BCUT2D eigenvalue weighted by atomic mass is 9.44. The summed E-state index contributed by atoms with van der Waals surface area (Å²) in [6.45, 7) is 0.788. The molecule has 6 aliphatic rings. The summed E-state index contributed by atoms with van der Waals surface area (Å²) < 4.78 is 5.63. The van der Waals surface area contributed by atoms with Crippen molar-refractivity contribution in [3.8, 4) is 0 Å². The maximum atomic E-state index is 13.4. The minimum atomic E-state index is -1.08. The summed E-state index contributed by atoms with van der Waals surface area (Å²) in [5.74, 6) is -0.355. The van der Waals surface area contributed by atoms with Crippen LogP contribution in [0.1, 0.15) is 32.1 Å². The van der Waals surface area contributed by atoms with E-state index in [1.807, 2.05) is 0 Å². The van der Waals surface area contributed by atoms with Gasteiger partial charge in [-0.05, 0) is 31.1 Å². The predicted molar refractivity (Wildman–Crippen MR) is 90.0 cm³/mol. The molecule has 0 aromatic heterocycles. The van der Waals surface area contributed by atoms with Crippen molar-refractivity contribution < 1.29 is 24.5 Å². The number of fused-ring (bicyclic) bond motifs is 2. The standard InChI is InChI=1S/C20H27NO5/c1-26-12-6-19(25)11-5-13-18(8-22)3-2-14(23)20(13,17(11)21-7-18)10-4-9(12)16(24)15(10)19/h9-13,15,17,21-22,25H,2-8H2,1H3/t9-,10-,11+,12+,13-,15-,17-,18+,19+,20-/m1/s1. The third kappa shape index (κ3) is 1.37. The van der Waals surface area contributed by atoms with E-state index in [4.69, 9.17) is 4.74 Å². The fourth-order valence-electron chi connectivity index (χ4n) is 8.86. The molecule has 1 spiro atoms. The van der Waals surface area contributed by atoms with E-state index in [0.717, 1.165) is 12.8 Å². The molecule has 6 heteroatoms. The zero-order chi connectivity index (χ0) is 18.1. The largest absolute Gasteiger partial charge is 0.396 e. The van der Waals surface area contributed by atoms with Crippen LogP contribution in [0.5, 0.6) is 0 Å². The first-order valence-electron chi connectivity index (χ1n) is 10.1. The fraction of sp³-hybridized carbons (Fsp3) is 0.900. The average molecular weight is 361 g/mol. The second-order valence-electron chi connectivity index (χ2n) is 9.93. The Balaban J connectivity index is 1.59. The number of ether oxygens (including phenoxy) is 1. The summed E-state index contributed by atoms with van der Waals surface area (Å²) in [7, 11) is 1.62. The number of rotatable bonds is 2. The van der Waals surface area contributed by atoms with Gasteiger partial charge in [-0.3, -0.25) is 9.59 Å². The number of Topliss-reactive ketones (excluding diaryl/α,β-unsaturated/α-hetero) is 2. The molecule has 1 saturated heterocycles. The molecule has 0 amide bonds. The van der Waals surface area contributed by atoms with Crippen molar-refractivity contribution in [3.63, 3.8) is 0 Å². The summed E-state index contributed by atoms with van der Waals surface area (Å²) in [5, 5.41) is 25.7. The molecule has 0 aromatic rings. The molecule has 10 atom stereocenters. The highest BCUT2D eigenvalue weighted by Crippen LogP contribution is 2.75. The topological polar surface area (TPSA) is 95.9 Å². The van der Waals surface area contributed by atoms with Gasteiger partial charge >= 0.3 is 0 Å². The number of hydrogen-bond donors (Lipinski definition) is 3. The van der Waals surface area contributed by atoms with Crippen molar-refractivity contribution in [1.29, 1.82) is 0 Å². The Morgan fingerprint density at radius 2 is 2.08 bits per heavy atom. The first-order chi connectivity index (χ1) is 12.4. The van der Waals surface area contributed by atoms with Gasteiger partial charge in [-0.25, -0.2) is 0 Å². The summed E-state index contributed by atoms with van der Waals surface area (Å²) in [4.78, 5) is 26.7. The number of aliphatic hydroxyl groups excluding tert-OH is 1. The van der Waals surface area contributed by atoms with Crippen molar-refractivity contribution in [1.82, 2.24) is 5.32 Å². The van der Waals surface area contributed by atoms with Gasteiger partial charge in [0.25, 0.3) is 0 Å². The number of methoxy groups -OCH3 is 1. The molecule has 7 bridgehead atoms. The smallest absolute Gasteiger partial charge is 0.144 e. The van der Waals surface area contributed by atoms with E-state index < -0.39 is 16.9 Å². The maximum absolute atomic E-state index is 13.4. The van der Waals surface area contributed by atoms with Gasteiger partial charge in [-0.1, -0.05) is 0 Å². The molecular weight excluding hydrogens is 334 g/mol. The molecule has 6 nitrogen and oxygen atoms in total. The molecule has 6 rings (SSSR count). The van der Waals surface area contributed by atoms with E-state index in [2.05, 4.69) is 5.32 Å². The first-order valence-corrected chi connectivity index (χ1v) is 10.1. The Kier molecular flexibility index (Phi) is 2.86. The molecule has 5 aliphatic carbocycles. The van der Waals surface area contributed by atoms with Crippen molar-refractivity contribution in [2.24, 2.45) is 40.4 Å². The molecule has 1 heterocycles. The molecule has 0 aromatic carbocycles. The van der Waals surface area contributed by atoms with E-state index >= 15 is 0 Å². The Labute approximate surface area is 152 Å². The zero-order valence-electron chi connectivity index (χ0n) is 15.1. The molecular formula is C20H27NO5. The van der Waals surface area contributed by atoms with Gasteiger partial charge in [-0.15, -0.1) is 0 Å². The van der Waals surface area contributed by atoms with Gasteiger partial charge in [-0.2, -0.15) is 0 Å². The fourth-order valence-corrected chi connectivity index (χ4v) is 8.86. The van der Waals surface area contributed by atoms with E-state index in [0.29, 0.717) is 25.8 Å². The minimum Gasteiger partial charge on any atom is -0.396 e. The highest BCUT2D eigenvalue weighted by Gasteiger charge is 2.82. The van der Waals surface area contributed by atoms with E-state index in [-0.39, 0.29) is 59.4 Å². The van der Waals surface area contributed by atoms with E-state index in [1.54, 1.807) is 7.11 Å². The van der Waals surface area contributed by atoms with Gasteiger partial charge in [0.2, 0.25) is 0 Å². The van der Waals surface area contributed by atoms with Crippen LogP contribution in [0, 0.1) is 40.4 Å². The molecule has 1 aliphatic heterocycles. The Bertz CT molecular complexity index is 725. The summed E-state index contributed by atoms with van der Waals surface area (Å²) in [6, 6.07) is -0.0617. The van der Waals surface area contributed by atoms with Gasteiger partial charge in [0.15, 0.2) is 0 Å². The minimum absolute atomic E-state index is 0.0617. The van der Waals surface area contributed by atoms with Gasteiger partial charge in [0, 0.05) is 49.8 Å². The number of carbonyl (C=O) groups excluding carboxylic acids is 2. The Hall–Kier alpha value is -0.820. The lowest BCUT2D eigenvalue weighted by Crippen LogP contribution is -2.74. The highest BCUT2D eigenvalue weighted by molar-refractivity contribution is 5.95. The Morgan fingerprint density at radius 1 is 1.27 bits per heavy atom.